The minimum absolute atomic E-state index is 0. The van der Waals surface area contributed by atoms with Gasteiger partial charge in [-0.1, -0.05) is 20.8 Å². The van der Waals surface area contributed by atoms with Gasteiger partial charge in [0.05, 0.1) is 6.33 Å². The second kappa shape index (κ2) is 7.60. The Morgan fingerprint density at radius 2 is 2.25 bits per heavy atom. The molecular formula is C13H21ClN6O4. The lowest BCUT2D eigenvalue weighted by Gasteiger charge is -2.33. The topological polar surface area (TPSA) is 148 Å². The van der Waals surface area contributed by atoms with E-state index in [1.807, 2.05) is 0 Å². The molecule has 0 spiro atoms. The van der Waals surface area contributed by atoms with Crippen LogP contribution in [-0.2, 0) is 16.3 Å². The molecule has 5 N–H and O–H groups in total. The van der Waals surface area contributed by atoms with E-state index < -0.39 is 17.3 Å². The highest BCUT2D eigenvalue weighted by Gasteiger charge is 2.42. The number of halogens is 1. The van der Waals surface area contributed by atoms with Crippen molar-refractivity contribution in [2.45, 2.75) is 33.2 Å². The molecule has 0 saturated heterocycles. The summed E-state index contributed by atoms with van der Waals surface area (Å²) < 4.78 is 7.07. The van der Waals surface area contributed by atoms with Crippen molar-refractivity contribution in [1.29, 1.82) is 0 Å². The molecule has 0 radical (unpaired) electrons. The summed E-state index contributed by atoms with van der Waals surface area (Å²) in [7, 11) is 0. The standard InChI is InChI=1S/C13H20N6O4.ClH/c1-4-16-13(7(2)3,11(21)22)23-6-19-5-15-8-9(19)17-12(14)18-10(8)20;/h5,7,16H,4,6H2,1-3H3,(H,21,22)(H3,14,17,18,20);1H/t13-;/m1./s1. The zero-order valence-corrected chi connectivity index (χ0v) is 14.4. The van der Waals surface area contributed by atoms with Crippen molar-refractivity contribution in [2.24, 2.45) is 5.92 Å². The number of rotatable bonds is 7. The van der Waals surface area contributed by atoms with Crippen LogP contribution in [0.2, 0.25) is 0 Å². The van der Waals surface area contributed by atoms with Gasteiger partial charge in [-0.3, -0.25) is 19.7 Å². The first-order chi connectivity index (χ1) is 10.8. The molecular weight excluding hydrogens is 340 g/mol. The number of aromatic amines is 1. The summed E-state index contributed by atoms with van der Waals surface area (Å²) in [5.74, 6) is -1.51. The summed E-state index contributed by atoms with van der Waals surface area (Å²) in [4.78, 5) is 33.7. The molecule has 134 valence electrons. The quantitative estimate of drug-likeness (QED) is 0.509. The first-order valence-electron chi connectivity index (χ1n) is 7.14. The molecule has 2 rings (SSSR count). The van der Waals surface area contributed by atoms with Crippen LogP contribution in [0.5, 0.6) is 0 Å². The number of carboxylic acid groups (broad SMARTS) is 1. The Bertz CT molecular complexity index is 773. The highest BCUT2D eigenvalue weighted by atomic mass is 35.5. The average Bonchev–Trinajstić information content (AvgIpc) is 2.86. The summed E-state index contributed by atoms with van der Waals surface area (Å²) >= 11 is 0. The van der Waals surface area contributed by atoms with E-state index in [9.17, 15) is 14.7 Å². The fraction of sp³-hybridized carbons (Fsp3) is 0.538. The van der Waals surface area contributed by atoms with Gasteiger partial charge < -0.3 is 15.6 Å². The number of nitrogen functional groups attached to an aromatic ring is 1. The van der Waals surface area contributed by atoms with E-state index in [1.54, 1.807) is 20.8 Å². The molecule has 2 heterocycles. The number of carboxylic acids is 1. The number of nitrogens with two attached hydrogens (primary N) is 1. The molecule has 0 aliphatic carbocycles. The third-order valence-electron chi connectivity index (χ3n) is 3.49. The molecule has 2 aromatic heterocycles. The number of likely N-dealkylation sites (N-methyl/N-ethyl adjacent to an activating group) is 1. The summed E-state index contributed by atoms with van der Waals surface area (Å²) in [5.41, 5.74) is 3.84. The van der Waals surface area contributed by atoms with E-state index in [4.69, 9.17) is 10.5 Å². The number of carbonyl (C=O) groups is 1. The summed E-state index contributed by atoms with van der Waals surface area (Å²) in [6.45, 7) is 5.54. The maximum absolute atomic E-state index is 11.7. The Morgan fingerprint density at radius 3 is 2.79 bits per heavy atom. The molecule has 0 aliphatic rings. The maximum atomic E-state index is 11.7. The van der Waals surface area contributed by atoms with Crippen LogP contribution in [0.3, 0.4) is 0 Å². The van der Waals surface area contributed by atoms with Gasteiger partial charge in [-0.25, -0.2) is 9.78 Å². The van der Waals surface area contributed by atoms with Crippen LogP contribution in [0.1, 0.15) is 20.8 Å². The van der Waals surface area contributed by atoms with E-state index in [1.165, 1.54) is 10.9 Å². The summed E-state index contributed by atoms with van der Waals surface area (Å²) in [6, 6.07) is 0. The van der Waals surface area contributed by atoms with Gasteiger partial charge in [0.25, 0.3) is 5.56 Å². The molecule has 0 fully saturated rings. The minimum Gasteiger partial charge on any atom is -0.478 e. The van der Waals surface area contributed by atoms with Gasteiger partial charge in [0.1, 0.15) is 6.73 Å². The van der Waals surface area contributed by atoms with Gasteiger partial charge >= 0.3 is 5.97 Å². The lowest BCUT2D eigenvalue weighted by atomic mass is 9.99. The van der Waals surface area contributed by atoms with Gasteiger partial charge in [0.2, 0.25) is 11.7 Å². The number of anilines is 1. The van der Waals surface area contributed by atoms with Crippen LogP contribution in [0, 0.1) is 5.92 Å². The average molecular weight is 361 g/mol. The van der Waals surface area contributed by atoms with Crippen molar-refractivity contribution in [3.8, 4) is 0 Å². The molecule has 0 unspecified atom stereocenters. The van der Waals surface area contributed by atoms with E-state index in [2.05, 4.69) is 20.3 Å². The highest BCUT2D eigenvalue weighted by Crippen LogP contribution is 2.21. The Labute approximate surface area is 143 Å². The maximum Gasteiger partial charge on any atom is 0.351 e. The zero-order chi connectivity index (χ0) is 17.2. The fourth-order valence-electron chi connectivity index (χ4n) is 2.31. The predicted octanol–water partition coefficient (Wildman–Crippen LogP) is 0.144. The monoisotopic (exact) mass is 360 g/mol. The molecule has 0 saturated carbocycles. The molecule has 0 bridgehead atoms. The van der Waals surface area contributed by atoms with Crippen molar-refractivity contribution in [3.05, 3.63) is 16.7 Å². The van der Waals surface area contributed by atoms with Gasteiger partial charge in [-0.2, -0.15) is 4.98 Å². The largest absolute Gasteiger partial charge is 0.478 e. The molecule has 0 amide bonds. The third-order valence-corrected chi connectivity index (χ3v) is 3.49. The predicted molar refractivity (Wildman–Crippen MR) is 89.8 cm³/mol. The molecule has 2 aromatic rings. The number of H-pyrrole nitrogens is 1. The second-order valence-corrected chi connectivity index (χ2v) is 5.34. The van der Waals surface area contributed by atoms with Crippen molar-refractivity contribution in [3.63, 3.8) is 0 Å². The van der Waals surface area contributed by atoms with Gasteiger partial charge in [0, 0.05) is 5.92 Å². The molecule has 11 heteroatoms. The van der Waals surface area contributed by atoms with E-state index >= 15 is 0 Å². The molecule has 0 aromatic carbocycles. The van der Waals surface area contributed by atoms with Crippen LogP contribution in [0.4, 0.5) is 5.95 Å². The smallest absolute Gasteiger partial charge is 0.351 e. The number of fused-ring (bicyclic) bond motifs is 1. The van der Waals surface area contributed by atoms with Gasteiger partial charge in [-0.15, -0.1) is 12.4 Å². The Morgan fingerprint density at radius 1 is 1.58 bits per heavy atom. The SMILES string of the molecule is CCN[C@](OCn1cnc2c(=O)[nH]c(N)nc21)(C(=O)O)C(C)C.Cl. The molecule has 1 atom stereocenters. The summed E-state index contributed by atoms with van der Waals surface area (Å²) in [6.07, 6.45) is 1.35. The number of aromatic nitrogens is 4. The number of nitrogens with one attached hydrogen (secondary N) is 2. The number of imidazole rings is 1. The zero-order valence-electron chi connectivity index (χ0n) is 13.6. The van der Waals surface area contributed by atoms with Crippen LogP contribution in [0.25, 0.3) is 11.2 Å². The van der Waals surface area contributed by atoms with E-state index in [-0.39, 0.29) is 42.2 Å². The first kappa shape index (κ1) is 19.9. The fourth-order valence-corrected chi connectivity index (χ4v) is 2.31. The number of ether oxygens (including phenoxy) is 1. The van der Waals surface area contributed by atoms with Crippen molar-refractivity contribution in [1.82, 2.24) is 24.8 Å². The number of hydrogen-bond donors (Lipinski definition) is 4. The number of hydrogen-bond acceptors (Lipinski definition) is 7. The van der Waals surface area contributed by atoms with Crippen LogP contribution >= 0.6 is 12.4 Å². The van der Waals surface area contributed by atoms with E-state index in [0.717, 1.165) is 0 Å². The Hall–Kier alpha value is -2.17. The van der Waals surface area contributed by atoms with Gasteiger partial charge in [-0.05, 0) is 6.54 Å². The van der Waals surface area contributed by atoms with Crippen molar-refractivity contribution in [2.75, 3.05) is 12.3 Å². The molecule has 10 nitrogen and oxygen atoms in total. The van der Waals surface area contributed by atoms with Crippen LogP contribution in [-0.4, -0.2) is 42.9 Å². The molecule has 24 heavy (non-hydrogen) atoms. The molecule has 0 aliphatic heterocycles. The Kier molecular flexibility index (Phi) is 6.29. The van der Waals surface area contributed by atoms with E-state index in [0.29, 0.717) is 6.54 Å². The lowest BCUT2D eigenvalue weighted by molar-refractivity contribution is -0.187. The highest BCUT2D eigenvalue weighted by molar-refractivity contribution is 5.85. The third kappa shape index (κ3) is 3.50. The van der Waals surface area contributed by atoms with Gasteiger partial charge in [0.15, 0.2) is 11.2 Å². The number of nitrogens with zero attached hydrogens (tertiary/aromatic N) is 3. The Balaban J connectivity index is 0.00000288. The first-order valence-corrected chi connectivity index (χ1v) is 7.14. The van der Waals surface area contributed by atoms with Crippen LogP contribution < -0.4 is 16.6 Å². The summed E-state index contributed by atoms with van der Waals surface area (Å²) in [5, 5.41) is 12.4. The lowest BCUT2D eigenvalue weighted by Crippen LogP contribution is -2.58. The van der Waals surface area contributed by atoms with Crippen LogP contribution in [0.15, 0.2) is 11.1 Å². The number of aliphatic carboxylic acids is 1. The minimum atomic E-state index is -1.56. The second-order valence-electron chi connectivity index (χ2n) is 5.34. The normalized spacial score (nSPS) is 13.7. The van der Waals surface area contributed by atoms with Crippen molar-refractivity contribution >= 4 is 35.5 Å². The van der Waals surface area contributed by atoms with Crippen molar-refractivity contribution < 1.29 is 14.6 Å².